The molecule has 6 heteroatoms. The van der Waals surface area contributed by atoms with E-state index in [2.05, 4.69) is 29.7 Å². The molecule has 1 N–H and O–H groups in total. The Kier molecular flexibility index (Phi) is 6.98. The van der Waals surface area contributed by atoms with E-state index in [1.54, 1.807) is 7.11 Å². The molecule has 1 aromatic rings. The lowest BCUT2D eigenvalue weighted by Crippen LogP contribution is -2.47. The molecule has 1 aromatic carbocycles. The van der Waals surface area contributed by atoms with Crippen molar-refractivity contribution in [2.75, 3.05) is 53.0 Å². The summed E-state index contributed by atoms with van der Waals surface area (Å²) < 4.78 is 17.2. The smallest absolute Gasteiger partial charge is 0.161 e. The van der Waals surface area contributed by atoms with Gasteiger partial charge in [0.1, 0.15) is 12.7 Å². The third-order valence-electron chi connectivity index (χ3n) is 5.24. The van der Waals surface area contributed by atoms with Gasteiger partial charge in [-0.05, 0) is 57.5 Å². The standard InChI is InChI=1S/C21H34N2O4/c1-21(2)16-23(10-11-27-21)13-17-6-7-19(20(12-17)25-3)26-15-18(24)14-22-8-4-5-9-22/h6-7,12,18,24H,4-5,8-11,13-16H2,1-3H3/t18-/m0/s1. The summed E-state index contributed by atoms with van der Waals surface area (Å²) in [6.07, 6.45) is 1.97. The molecule has 3 rings (SSSR count). The van der Waals surface area contributed by atoms with Gasteiger partial charge in [0.25, 0.3) is 0 Å². The van der Waals surface area contributed by atoms with E-state index < -0.39 is 6.10 Å². The summed E-state index contributed by atoms with van der Waals surface area (Å²) in [6, 6.07) is 6.06. The van der Waals surface area contributed by atoms with Crippen molar-refractivity contribution in [2.45, 2.75) is 44.9 Å². The molecule has 6 nitrogen and oxygen atoms in total. The van der Waals surface area contributed by atoms with Crippen LogP contribution in [0.4, 0.5) is 0 Å². The minimum Gasteiger partial charge on any atom is -0.493 e. The molecule has 0 unspecified atom stereocenters. The minimum atomic E-state index is -0.483. The summed E-state index contributed by atoms with van der Waals surface area (Å²) in [6.45, 7) is 10.8. The van der Waals surface area contributed by atoms with E-state index in [0.717, 1.165) is 39.3 Å². The van der Waals surface area contributed by atoms with Crippen molar-refractivity contribution in [1.82, 2.24) is 9.80 Å². The van der Waals surface area contributed by atoms with Gasteiger partial charge in [-0.3, -0.25) is 4.90 Å². The first-order chi connectivity index (χ1) is 12.9. The molecule has 2 aliphatic heterocycles. The number of benzene rings is 1. The maximum Gasteiger partial charge on any atom is 0.161 e. The Hall–Kier alpha value is -1.34. The van der Waals surface area contributed by atoms with Crippen LogP contribution in [0.2, 0.25) is 0 Å². The fraction of sp³-hybridized carbons (Fsp3) is 0.714. The third-order valence-corrected chi connectivity index (χ3v) is 5.24. The number of methoxy groups -OCH3 is 1. The summed E-state index contributed by atoms with van der Waals surface area (Å²) in [5.41, 5.74) is 1.09. The predicted octanol–water partition coefficient (Wildman–Crippen LogP) is 2.14. The second kappa shape index (κ2) is 9.24. The Labute approximate surface area is 163 Å². The van der Waals surface area contributed by atoms with Crippen LogP contribution in [-0.4, -0.2) is 79.7 Å². The molecule has 0 saturated carbocycles. The van der Waals surface area contributed by atoms with E-state index in [1.165, 1.54) is 18.4 Å². The quantitative estimate of drug-likeness (QED) is 0.748. The number of ether oxygens (including phenoxy) is 3. The Morgan fingerprint density at radius 1 is 1.15 bits per heavy atom. The van der Waals surface area contributed by atoms with E-state index in [-0.39, 0.29) is 12.2 Å². The Morgan fingerprint density at radius 3 is 2.63 bits per heavy atom. The molecule has 2 heterocycles. The number of hydrogen-bond acceptors (Lipinski definition) is 6. The van der Waals surface area contributed by atoms with Crippen LogP contribution < -0.4 is 9.47 Å². The molecule has 0 radical (unpaired) electrons. The van der Waals surface area contributed by atoms with Crippen LogP contribution in [0.15, 0.2) is 18.2 Å². The van der Waals surface area contributed by atoms with Gasteiger partial charge in [-0.25, -0.2) is 0 Å². The highest BCUT2D eigenvalue weighted by atomic mass is 16.5. The molecule has 2 aliphatic rings. The maximum atomic E-state index is 10.2. The molecule has 0 spiro atoms. The molecular formula is C21H34N2O4. The molecule has 0 bridgehead atoms. The second-order valence-corrected chi connectivity index (χ2v) is 8.28. The van der Waals surface area contributed by atoms with Crippen molar-refractivity contribution in [3.8, 4) is 11.5 Å². The molecule has 2 saturated heterocycles. The van der Waals surface area contributed by atoms with Gasteiger partial charge in [0.2, 0.25) is 0 Å². The Bertz CT molecular complexity index is 602. The van der Waals surface area contributed by atoms with Gasteiger partial charge in [-0.1, -0.05) is 6.07 Å². The number of hydrogen-bond donors (Lipinski definition) is 1. The van der Waals surface area contributed by atoms with Crippen LogP contribution in [0.1, 0.15) is 32.3 Å². The van der Waals surface area contributed by atoms with E-state index >= 15 is 0 Å². The molecular weight excluding hydrogens is 344 g/mol. The topological polar surface area (TPSA) is 54.4 Å². The highest BCUT2D eigenvalue weighted by Crippen LogP contribution is 2.29. The first-order valence-corrected chi connectivity index (χ1v) is 10.0. The van der Waals surface area contributed by atoms with Gasteiger partial charge >= 0.3 is 0 Å². The Balaban J connectivity index is 1.53. The van der Waals surface area contributed by atoms with E-state index in [4.69, 9.17) is 14.2 Å². The van der Waals surface area contributed by atoms with Crippen LogP contribution in [-0.2, 0) is 11.3 Å². The lowest BCUT2D eigenvalue weighted by atomic mass is 10.1. The van der Waals surface area contributed by atoms with Crippen molar-refractivity contribution < 1.29 is 19.3 Å². The fourth-order valence-corrected chi connectivity index (χ4v) is 3.94. The van der Waals surface area contributed by atoms with Gasteiger partial charge in [-0.15, -0.1) is 0 Å². The average Bonchev–Trinajstić information content (AvgIpc) is 3.12. The summed E-state index contributed by atoms with van der Waals surface area (Å²) in [4.78, 5) is 4.69. The van der Waals surface area contributed by atoms with Gasteiger partial charge in [0, 0.05) is 26.2 Å². The SMILES string of the molecule is COc1cc(CN2CCOC(C)(C)C2)ccc1OC[C@@H](O)CN1CCCC1. The van der Waals surface area contributed by atoms with Crippen molar-refractivity contribution in [1.29, 1.82) is 0 Å². The van der Waals surface area contributed by atoms with Gasteiger partial charge in [-0.2, -0.15) is 0 Å². The van der Waals surface area contributed by atoms with E-state index in [0.29, 0.717) is 18.0 Å². The van der Waals surface area contributed by atoms with Crippen molar-refractivity contribution in [2.24, 2.45) is 0 Å². The molecule has 1 atom stereocenters. The van der Waals surface area contributed by atoms with E-state index in [9.17, 15) is 5.11 Å². The second-order valence-electron chi connectivity index (χ2n) is 8.28. The fourth-order valence-electron chi connectivity index (χ4n) is 3.94. The number of likely N-dealkylation sites (tertiary alicyclic amines) is 1. The maximum absolute atomic E-state index is 10.2. The first-order valence-electron chi connectivity index (χ1n) is 10.0. The molecule has 152 valence electrons. The molecule has 0 aromatic heterocycles. The number of aliphatic hydroxyl groups excluding tert-OH is 1. The van der Waals surface area contributed by atoms with Crippen molar-refractivity contribution >= 4 is 0 Å². The minimum absolute atomic E-state index is 0.100. The highest BCUT2D eigenvalue weighted by Gasteiger charge is 2.27. The van der Waals surface area contributed by atoms with Crippen molar-refractivity contribution in [3.63, 3.8) is 0 Å². The zero-order valence-electron chi connectivity index (χ0n) is 16.9. The summed E-state index contributed by atoms with van der Waals surface area (Å²) >= 11 is 0. The number of aliphatic hydroxyl groups is 1. The third kappa shape index (κ3) is 6.07. The largest absolute Gasteiger partial charge is 0.493 e. The number of rotatable bonds is 8. The van der Waals surface area contributed by atoms with Crippen LogP contribution in [0.5, 0.6) is 11.5 Å². The van der Waals surface area contributed by atoms with Gasteiger partial charge < -0.3 is 24.2 Å². The molecule has 27 heavy (non-hydrogen) atoms. The number of β-amino-alcohol motifs (C(OH)–C–C–N with tert-alkyl or cyclic N) is 1. The van der Waals surface area contributed by atoms with Crippen LogP contribution in [0.3, 0.4) is 0 Å². The number of nitrogens with zero attached hydrogens (tertiary/aromatic N) is 2. The Morgan fingerprint density at radius 2 is 1.93 bits per heavy atom. The number of morpholine rings is 1. The lowest BCUT2D eigenvalue weighted by molar-refractivity contribution is -0.0882. The van der Waals surface area contributed by atoms with Crippen LogP contribution >= 0.6 is 0 Å². The van der Waals surface area contributed by atoms with Crippen LogP contribution in [0.25, 0.3) is 0 Å². The molecule has 0 amide bonds. The van der Waals surface area contributed by atoms with Gasteiger partial charge in [0.05, 0.1) is 19.3 Å². The monoisotopic (exact) mass is 378 g/mol. The highest BCUT2D eigenvalue weighted by molar-refractivity contribution is 5.43. The zero-order valence-corrected chi connectivity index (χ0v) is 16.9. The predicted molar refractivity (Wildman–Crippen MR) is 105 cm³/mol. The zero-order chi connectivity index (χ0) is 19.3. The van der Waals surface area contributed by atoms with E-state index in [1.807, 2.05) is 12.1 Å². The van der Waals surface area contributed by atoms with Crippen LogP contribution in [0, 0.1) is 0 Å². The summed E-state index contributed by atoms with van der Waals surface area (Å²) in [5, 5.41) is 10.2. The summed E-state index contributed by atoms with van der Waals surface area (Å²) in [7, 11) is 1.66. The average molecular weight is 379 g/mol. The van der Waals surface area contributed by atoms with Crippen molar-refractivity contribution in [3.05, 3.63) is 23.8 Å². The molecule has 0 aliphatic carbocycles. The van der Waals surface area contributed by atoms with Gasteiger partial charge in [0.15, 0.2) is 11.5 Å². The molecule has 2 fully saturated rings. The lowest BCUT2D eigenvalue weighted by Gasteiger charge is -2.38. The first kappa shape index (κ1) is 20.4. The summed E-state index contributed by atoms with van der Waals surface area (Å²) in [5.74, 6) is 1.40. The normalized spacial score (nSPS) is 21.9.